The molecule has 0 heterocycles. The Morgan fingerprint density at radius 1 is 1.24 bits per heavy atom. The number of urea groups is 1. The average molecular weight is 301 g/mol. The lowest BCUT2D eigenvalue weighted by Crippen LogP contribution is -2.49. The predicted octanol–water partition coefficient (Wildman–Crippen LogP) is 1.98. The smallest absolute Gasteiger partial charge is 0.315 e. The lowest BCUT2D eigenvalue weighted by Gasteiger charge is -2.26. The van der Waals surface area contributed by atoms with Gasteiger partial charge >= 0.3 is 6.03 Å². The third kappa shape index (κ3) is 7.29. The maximum atomic E-state index is 11.9. The first-order valence-corrected chi connectivity index (χ1v) is 7.91. The summed E-state index contributed by atoms with van der Waals surface area (Å²) < 4.78 is 11.9. The minimum absolute atomic E-state index is 0.0215. The summed E-state index contributed by atoms with van der Waals surface area (Å²) in [5.74, 6) is 1.11. The number of nitrogens with one attached hydrogen (secondary N) is 3. The van der Waals surface area contributed by atoms with Crippen molar-refractivity contribution in [2.45, 2.75) is 52.0 Å². The summed E-state index contributed by atoms with van der Waals surface area (Å²) in [6.45, 7) is 3.86. The van der Waals surface area contributed by atoms with Crippen LogP contribution in [0.25, 0.3) is 0 Å². The number of hydrogen-bond donors (Lipinski definition) is 3. The molecule has 21 heavy (non-hydrogen) atoms. The summed E-state index contributed by atoms with van der Waals surface area (Å²) >= 11 is 0. The highest BCUT2D eigenvalue weighted by atomic mass is 19.1. The van der Waals surface area contributed by atoms with E-state index in [4.69, 9.17) is 0 Å². The summed E-state index contributed by atoms with van der Waals surface area (Å²) in [5.41, 5.74) is 0. The van der Waals surface area contributed by atoms with Crippen LogP contribution in [0, 0.1) is 11.8 Å². The van der Waals surface area contributed by atoms with Crippen LogP contribution in [0.4, 0.5) is 9.18 Å². The molecule has 0 aromatic heterocycles. The van der Waals surface area contributed by atoms with Crippen molar-refractivity contribution in [3.05, 3.63) is 0 Å². The van der Waals surface area contributed by atoms with E-state index >= 15 is 0 Å². The molecule has 122 valence electrons. The second-order valence-corrected chi connectivity index (χ2v) is 6.03. The van der Waals surface area contributed by atoms with Crippen molar-refractivity contribution in [1.82, 2.24) is 16.0 Å². The molecule has 1 aliphatic carbocycles. The second-order valence-electron chi connectivity index (χ2n) is 6.03. The summed E-state index contributed by atoms with van der Waals surface area (Å²) in [6, 6.07) is -1.01. The average Bonchev–Trinajstić information content (AvgIpc) is 2.44. The van der Waals surface area contributed by atoms with Crippen LogP contribution in [0.3, 0.4) is 0 Å². The van der Waals surface area contributed by atoms with Crippen molar-refractivity contribution >= 4 is 11.9 Å². The molecule has 0 radical (unpaired) electrons. The maximum absolute atomic E-state index is 11.9. The second kappa shape index (κ2) is 9.58. The van der Waals surface area contributed by atoms with E-state index in [9.17, 15) is 14.0 Å². The topological polar surface area (TPSA) is 70.2 Å². The highest BCUT2D eigenvalue weighted by Gasteiger charge is 2.19. The van der Waals surface area contributed by atoms with Gasteiger partial charge in [-0.1, -0.05) is 26.2 Å². The number of alkyl halides is 1. The molecule has 1 fully saturated rings. The zero-order valence-corrected chi connectivity index (χ0v) is 13.1. The van der Waals surface area contributed by atoms with Crippen LogP contribution in [-0.4, -0.2) is 37.7 Å². The summed E-state index contributed by atoms with van der Waals surface area (Å²) in [5, 5.41) is 7.73. The van der Waals surface area contributed by atoms with E-state index in [-0.39, 0.29) is 18.5 Å². The van der Waals surface area contributed by atoms with E-state index in [0.717, 1.165) is 12.3 Å². The van der Waals surface area contributed by atoms with Gasteiger partial charge in [0.15, 0.2) is 0 Å². The minimum Gasteiger partial charge on any atom is -0.352 e. The van der Waals surface area contributed by atoms with Gasteiger partial charge in [-0.05, 0) is 31.6 Å². The molecular formula is C15H28FN3O2. The van der Waals surface area contributed by atoms with Crippen LogP contribution < -0.4 is 16.0 Å². The van der Waals surface area contributed by atoms with Gasteiger partial charge in [-0.15, -0.1) is 0 Å². The molecule has 0 unspecified atom stereocenters. The monoisotopic (exact) mass is 301 g/mol. The van der Waals surface area contributed by atoms with Crippen molar-refractivity contribution < 1.29 is 14.0 Å². The van der Waals surface area contributed by atoms with Crippen molar-refractivity contribution in [3.8, 4) is 0 Å². The van der Waals surface area contributed by atoms with E-state index in [2.05, 4.69) is 22.9 Å². The van der Waals surface area contributed by atoms with Gasteiger partial charge in [0.1, 0.15) is 12.7 Å². The molecule has 3 atom stereocenters. The third-order valence-corrected chi connectivity index (χ3v) is 4.02. The van der Waals surface area contributed by atoms with Gasteiger partial charge in [0.05, 0.1) is 0 Å². The number of halogens is 1. The molecule has 1 aliphatic rings. The Hall–Kier alpha value is -1.33. The minimum atomic E-state index is -0.661. The van der Waals surface area contributed by atoms with E-state index in [1.807, 2.05) is 0 Å². The molecule has 3 amide bonds. The van der Waals surface area contributed by atoms with E-state index < -0.39 is 12.7 Å². The lowest BCUT2D eigenvalue weighted by atomic mass is 9.81. The normalized spacial score (nSPS) is 23.2. The van der Waals surface area contributed by atoms with Gasteiger partial charge in [0.25, 0.3) is 0 Å². The SMILES string of the molecule is C[C@@H]1CCC[C@H](CCNC(=O)N[C@@H](C)C(=O)NCCF)C1. The fourth-order valence-corrected chi connectivity index (χ4v) is 2.85. The van der Waals surface area contributed by atoms with Gasteiger partial charge in [0.2, 0.25) is 5.91 Å². The predicted molar refractivity (Wildman–Crippen MR) is 80.7 cm³/mol. The van der Waals surface area contributed by atoms with Crippen LogP contribution in [-0.2, 0) is 4.79 Å². The van der Waals surface area contributed by atoms with Crippen LogP contribution in [0.1, 0.15) is 46.0 Å². The Labute approximate surface area is 126 Å². The highest BCUT2D eigenvalue weighted by molar-refractivity contribution is 5.86. The molecule has 6 heteroatoms. The molecule has 1 saturated carbocycles. The molecule has 3 N–H and O–H groups in total. The lowest BCUT2D eigenvalue weighted by molar-refractivity contribution is -0.122. The molecule has 0 aromatic rings. The van der Waals surface area contributed by atoms with E-state index in [1.54, 1.807) is 6.92 Å². The number of hydrogen-bond acceptors (Lipinski definition) is 2. The zero-order chi connectivity index (χ0) is 15.7. The Bertz CT molecular complexity index is 339. The third-order valence-electron chi connectivity index (χ3n) is 4.02. The molecule has 0 aromatic carbocycles. The first kappa shape index (κ1) is 17.7. The fourth-order valence-electron chi connectivity index (χ4n) is 2.85. The fraction of sp³-hybridized carbons (Fsp3) is 0.867. The van der Waals surface area contributed by atoms with Crippen LogP contribution in [0.15, 0.2) is 0 Å². The quantitative estimate of drug-likeness (QED) is 0.673. The summed E-state index contributed by atoms with van der Waals surface area (Å²) in [6.07, 6.45) is 6.07. The molecule has 5 nitrogen and oxygen atoms in total. The standard InChI is InChI=1S/C15H28FN3O2/c1-11-4-3-5-13(10-11)6-8-18-15(21)19-12(2)14(20)17-9-7-16/h11-13H,3-10H2,1-2H3,(H,17,20)(H2,18,19,21)/t11-,12+,13-/m1/s1. The Balaban J connectivity index is 2.14. The number of amides is 3. The highest BCUT2D eigenvalue weighted by Crippen LogP contribution is 2.30. The van der Waals surface area contributed by atoms with Crippen molar-refractivity contribution in [3.63, 3.8) is 0 Å². The Morgan fingerprint density at radius 2 is 2.00 bits per heavy atom. The van der Waals surface area contributed by atoms with Gasteiger partial charge in [-0.25, -0.2) is 9.18 Å². The van der Waals surface area contributed by atoms with Crippen LogP contribution in [0.2, 0.25) is 0 Å². The summed E-state index contributed by atoms with van der Waals surface area (Å²) in [4.78, 5) is 23.1. The van der Waals surface area contributed by atoms with Crippen molar-refractivity contribution in [1.29, 1.82) is 0 Å². The molecule has 0 spiro atoms. The number of carbonyl (C=O) groups excluding carboxylic acids is 2. The summed E-state index contributed by atoms with van der Waals surface area (Å²) in [7, 11) is 0. The zero-order valence-electron chi connectivity index (χ0n) is 13.1. The first-order valence-electron chi connectivity index (χ1n) is 7.91. The number of rotatable bonds is 7. The molecule has 0 aliphatic heterocycles. The van der Waals surface area contributed by atoms with Crippen molar-refractivity contribution in [2.24, 2.45) is 11.8 Å². The van der Waals surface area contributed by atoms with Crippen molar-refractivity contribution in [2.75, 3.05) is 19.8 Å². The number of carbonyl (C=O) groups is 2. The van der Waals surface area contributed by atoms with Crippen LogP contribution in [0.5, 0.6) is 0 Å². The van der Waals surface area contributed by atoms with Gasteiger partial charge < -0.3 is 16.0 Å². The van der Waals surface area contributed by atoms with Gasteiger partial charge in [-0.3, -0.25) is 4.79 Å². The maximum Gasteiger partial charge on any atom is 0.315 e. The molecule has 0 bridgehead atoms. The first-order chi connectivity index (χ1) is 10.0. The largest absolute Gasteiger partial charge is 0.352 e. The van der Waals surface area contributed by atoms with Gasteiger partial charge in [-0.2, -0.15) is 0 Å². The van der Waals surface area contributed by atoms with Crippen LogP contribution >= 0.6 is 0 Å². The molecule has 0 saturated heterocycles. The molecular weight excluding hydrogens is 273 g/mol. The Kier molecular flexibility index (Phi) is 8.08. The van der Waals surface area contributed by atoms with E-state index in [0.29, 0.717) is 12.5 Å². The molecule has 1 rings (SSSR count). The Morgan fingerprint density at radius 3 is 2.67 bits per heavy atom. The van der Waals surface area contributed by atoms with E-state index in [1.165, 1.54) is 25.7 Å². The van der Waals surface area contributed by atoms with Gasteiger partial charge in [0, 0.05) is 13.1 Å².